The van der Waals surface area contributed by atoms with Crippen LogP contribution in [0.15, 0.2) is 42.6 Å². The number of piperidine rings is 1. The standard InChI is InChI=1S/C27H34N4O3.ClH/c1-18-5-7-23(19(2)15-18)31-26(21-10-12-28-13-11-21)22(17-30-31)27(32)29-14-9-20-6-8-24(33-3)25(16-20)34-4;/h5-8,15-17,21,28H,9-14H2,1-4H3,(H,29,32);1H. The number of halogens is 1. The molecule has 0 atom stereocenters. The molecule has 0 saturated carbocycles. The molecule has 0 aliphatic carbocycles. The van der Waals surface area contributed by atoms with Crippen LogP contribution in [0.3, 0.4) is 0 Å². The van der Waals surface area contributed by atoms with E-state index in [1.54, 1.807) is 20.4 Å². The van der Waals surface area contributed by atoms with Crippen LogP contribution in [0.1, 0.15) is 51.5 Å². The zero-order chi connectivity index (χ0) is 24.1. The first-order chi connectivity index (χ1) is 16.5. The van der Waals surface area contributed by atoms with Crippen LogP contribution in [-0.2, 0) is 6.42 Å². The van der Waals surface area contributed by atoms with Crippen LogP contribution in [0.5, 0.6) is 11.5 Å². The zero-order valence-corrected chi connectivity index (χ0v) is 21.7. The number of aromatic nitrogens is 2. The first-order valence-corrected chi connectivity index (χ1v) is 11.9. The van der Waals surface area contributed by atoms with E-state index >= 15 is 0 Å². The summed E-state index contributed by atoms with van der Waals surface area (Å²) in [5, 5.41) is 11.2. The summed E-state index contributed by atoms with van der Waals surface area (Å²) in [6.45, 7) is 6.60. The summed E-state index contributed by atoms with van der Waals surface area (Å²) in [7, 11) is 3.25. The number of nitrogens with one attached hydrogen (secondary N) is 2. The van der Waals surface area contributed by atoms with Crippen molar-refractivity contribution in [3.63, 3.8) is 0 Å². The molecule has 1 aromatic heterocycles. The quantitative estimate of drug-likeness (QED) is 0.482. The zero-order valence-electron chi connectivity index (χ0n) is 20.9. The highest BCUT2D eigenvalue weighted by Gasteiger charge is 2.27. The van der Waals surface area contributed by atoms with Gasteiger partial charge in [-0.05, 0) is 75.5 Å². The monoisotopic (exact) mass is 498 g/mol. The summed E-state index contributed by atoms with van der Waals surface area (Å²) in [5.74, 6) is 1.59. The van der Waals surface area contributed by atoms with Gasteiger partial charge in [0.15, 0.2) is 11.5 Å². The third-order valence-corrected chi connectivity index (χ3v) is 6.50. The van der Waals surface area contributed by atoms with Crippen LogP contribution in [0.2, 0.25) is 0 Å². The van der Waals surface area contributed by atoms with E-state index < -0.39 is 0 Å². The van der Waals surface area contributed by atoms with E-state index in [9.17, 15) is 4.79 Å². The summed E-state index contributed by atoms with van der Waals surface area (Å²) in [6.07, 6.45) is 4.40. The van der Waals surface area contributed by atoms with Crippen LogP contribution in [0.4, 0.5) is 0 Å². The molecule has 8 heteroatoms. The topological polar surface area (TPSA) is 77.4 Å². The lowest BCUT2D eigenvalue weighted by molar-refractivity contribution is 0.0952. The Morgan fingerprint density at radius 3 is 2.51 bits per heavy atom. The fourth-order valence-electron chi connectivity index (χ4n) is 4.71. The van der Waals surface area contributed by atoms with E-state index in [4.69, 9.17) is 9.47 Å². The Labute approximate surface area is 213 Å². The third-order valence-electron chi connectivity index (χ3n) is 6.50. The molecule has 0 radical (unpaired) electrons. The molecule has 1 aliphatic heterocycles. The molecule has 2 N–H and O–H groups in total. The first kappa shape index (κ1) is 26.6. The Morgan fingerprint density at radius 2 is 1.83 bits per heavy atom. The number of hydrogen-bond acceptors (Lipinski definition) is 5. The Kier molecular flexibility index (Phi) is 9.18. The molecule has 0 bridgehead atoms. The van der Waals surface area contributed by atoms with Crippen molar-refractivity contribution in [3.05, 3.63) is 70.5 Å². The van der Waals surface area contributed by atoms with Crippen molar-refractivity contribution in [2.45, 2.75) is 39.0 Å². The molecule has 35 heavy (non-hydrogen) atoms. The lowest BCUT2D eigenvalue weighted by Crippen LogP contribution is -2.31. The van der Waals surface area contributed by atoms with Crippen molar-refractivity contribution < 1.29 is 14.3 Å². The van der Waals surface area contributed by atoms with Crippen LogP contribution in [-0.4, -0.2) is 49.5 Å². The number of aryl methyl sites for hydroxylation is 2. The van der Waals surface area contributed by atoms with E-state index in [1.807, 2.05) is 22.9 Å². The molecule has 2 aromatic carbocycles. The minimum absolute atomic E-state index is 0. The van der Waals surface area contributed by atoms with Gasteiger partial charge in [-0.2, -0.15) is 5.10 Å². The van der Waals surface area contributed by atoms with Gasteiger partial charge in [0, 0.05) is 12.5 Å². The third kappa shape index (κ3) is 5.97. The van der Waals surface area contributed by atoms with Gasteiger partial charge in [0.1, 0.15) is 0 Å². The lowest BCUT2D eigenvalue weighted by Gasteiger charge is -2.25. The minimum atomic E-state index is -0.0787. The van der Waals surface area contributed by atoms with Crippen molar-refractivity contribution in [2.75, 3.05) is 33.9 Å². The van der Waals surface area contributed by atoms with Crippen molar-refractivity contribution in [1.82, 2.24) is 20.4 Å². The molecule has 1 aliphatic rings. The molecule has 0 spiro atoms. The van der Waals surface area contributed by atoms with Crippen LogP contribution < -0.4 is 20.1 Å². The van der Waals surface area contributed by atoms with Crippen molar-refractivity contribution in [3.8, 4) is 17.2 Å². The minimum Gasteiger partial charge on any atom is -0.493 e. The second kappa shape index (κ2) is 12.1. The van der Waals surface area contributed by atoms with Crippen LogP contribution in [0, 0.1) is 13.8 Å². The molecule has 1 saturated heterocycles. The Balaban J connectivity index is 0.00000342. The van der Waals surface area contributed by atoms with E-state index in [2.05, 4.69) is 47.8 Å². The van der Waals surface area contributed by atoms with Gasteiger partial charge in [-0.15, -0.1) is 12.4 Å². The largest absolute Gasteiger partial charge is 0.493 e. The highest BCUT2D eigenvalue weighted by atomic mass is 35.5. The molecule has 3 aromatic rings. The number of hydrogen-bond donors (Lipinski definition) is 2. The van der Waals surface area contributed by atoms with Gasteiger partial charge in [-0.3, -0.25) is 4.79 Å². The summed E-state index contributed by atoms with van der Waals surface area (Å²) in [6, 6.07) is 12.2. The Morgan fingerprint density at radius 1 is 1.09 bits per heavy atom. The van der Waals surface area contributed by atoms with Gasteiger partial charge in [0.25, 0.3) is 5.91 Å². The molecule has 1 fully saturated rings. The van der Waals surface area contributed by atoms with Crippen LogP contribution in [0.25, 0.3) is 5.69 Å². The summed E-state index contributed by atoms with van der Waals surface area (Å²) >= 11 is 0. The Bertz CT molecular complexity index is 1160. The SMILES string of the molecule is COc1ccc(CCNC(=O)c2cnn(-c3ccc(C)cc3C)c2C2CCNCC2)cc1OC.Cl. The fraction of sp³-hybridized carbons (Fsp3) is 0.407. The van der Waals surface area contributed by atoms with Gasteiger partial charge in [-0.1, -0.05) is 23.8 Å². The number of rotatable bonds is 8. The Hall–Kier alpha value is -3.03. The molecular weight excluding hydrogens is 464 g/mol. The number of benzene rings is 2. The van der Waals surface area contributed by atoms with E-state index in [0.29, 0.717) is 30.0 Å². The van der Waals surface area contributed by atoms with Crippen molar-refractivity contribution in [2.24, 2.45) is 0 Å². The highest BCUT2D eigenvalue weighted by Crippen LogP contribution is 2.31. The second-order valence-corrected chi connectivity index (χ2v) is 8.86. The number of methoxy groups -OCH3 is 2. The van der Waals surface area contributed by atoms with Gasteiger partial charge in [0.05, 0.1) is 37.4 Å². The first-order valence-electron chi connectivity index (χ1n) is 11.9. The molecule has 1 amide bonds. The molecule has 4 rings (SSSR count). The predicted octanol–water partition coefficient (Wildman–Crippen LogP) is 4.37. The summed E-state index contributed by atoms with van der Waals surface area (Å²) < 4.78 is 12.7. The number of carbonyl (C=O) groups is 1. The number of nitrogens with zero attached hydrogens (tertiary/aromatic N) is 2. The normalized spacial score (nSPS) is 13.7. The van der Waals surface area contributed by atoms with Gasteiger partial charge in [-0.25, -0.2) is 4.68 Å². The van der Waals surface area contributed by atoms with Gasteiger partial charge < -0.3 is 20.1 Å². The van der Waals surface area contributed by atoms with Crippen LogP contribution >= 0.6 is 12.4 Å². The average molecular weight is 499 g/mol. The molecule has 0 unspecified atom stereocenters. The second-order valence-electron chi connectivity index (χ2n) is 8.86. The highest BCUT2D eigenvalue weighted by molar-refractivity contribution is 5.95. The molecule has 188 valence electrons. The number of ether oxygens (including phenoxy) is 2. The van der Waals surface area contributed by atoms with Crippen molar-refractivity contribution in [1.29, 1.82) is 0 Å². The van der Waals surface area contributed by atoms with E-state index in [1.165, 1.54) is 5.56 Å². The molecule has 2 heterocycles. The number of carbonyl (C=O) groups excluding carboxylic acids is 1. The lowest BCUT2D eigenvalue weighted by atomic mass is 9.91. The molecule has 7 nitrogen and oxygen atoms in total. The maximum absolute atomic E-state index is 13.3. The predicted molar refractivity (Wildman–Crippen MR) is 141 cm³/mol. The fourth-order valence-corrected chi connectivity index (χ4v) is 4.71. The number of amides is 1. The molecular formula is C27H35ClN4O3. The van der Waals surface area contributed by atoms with E-state index in [-0.39, 0.29) is 24.2 Å². The van der Waals surface area contributed by atoms with Gasteiger partial charge >= 0.3 is 0 Å². The summed E-state index contributed by atoms with van der Waals surface area (Å²) in [5.41, 5.74) is 6.14. The average Bonchev–Trinajstić information content (AvgIpc) is 3.29. The van der Waals surface area contributed by atoms with Gasteiger partial charge in [0.2, 0.25) is 0 Å². The smallest absolute Gasteiger partial charge is 0.254 e. The maximum atomic E-state index is 13.3. The van der Waals surface area contributed by atoms with E-state index in [0.717, 1.165) is 48.4 Å². The maximum Gasteiger partial charge on any atom is 0.254 e. The summed E-state index contributed by atoms with van der Waals surface area (Å²) in [4.78, 5) is 13.3. The van der Waals surface area contributed by atoms with Crippen molar-refractivity contribution >= 4 is 18.3 Å².